The summed E-state index contributed by atoms with van der Waals surface area (Å²) in [5.41, 5.74) is 3.15. The van der Waals surface area contributed by atoms with E-state index in [1.54, 1.807) is 6.07 Å². The maximum Gasteiger partial charge on any atom is 0.126 e. The first kappa shape index (κ1) is 13.3. The van der Waals surface area contributed by atoms with Gasteiger partial charge in [-0.25, -0.2) is 4.39 Å². The molecule has 0 bridgehead atoms. The Hall–Kier alpha value is -1.15. The number of alkyl halides is 1. The van der Waals surface area contributed by atoms with Crippen molar-refractivity contribution < 1.29 is 4.39 Å². The molecule has 0 heterocycles. The van der Waals surface area contributed by atoms with Gasteiger partial charge in [0, 0.05) is 4.83 Å². The van der Waals surface area contributed by atoms with Crippen molar-refractivity contribution in [3.63, 3.8) is 0 Å². The second-order valence-corrected chi connectivity index (χ2v) is 5.62. The Morgan fingerprint density at radius 2 is 1.83 bits per heavy atom. The van der Waals surface area contributed by atoms with Crippen LogP contribution in [0, 0.1) is 12.7 Å². The van der Waals surface area contributed by atoms with Gasteiger partial charge in [-0.1, -0.05) is 64.0 Å². The Morgan fingerprint density at radius 1 is 1.11 bits per heavy atom. The highest BCUT2D eigenvalue weighted by atomic mass is 79.9. The summed E-state index contributed by atoms with van der Waals surface area (Å²) in [5, 5.41) is 0. The largest absolute Gasteiger partial charge is 0.207 e. The highest BCUT2D eigenvalue weighted by Crippen LogP contribution is 2.28. The van der Waals surface area contributed by atoms with Crippen LogP contribution >= 0.6 is 15.9 Å². The molecule has 2 heteroatoms. The summed E-state index contributed by atoms with van der Waals surface area (Å²) in [6.45, 7) is 1.99. The van der Waals surface area contributed by atoms with Crippen LogP contribution in [0.3, 0.4) is 0 Å². The van der Waals surface area contributed by atoms with Gasteiger partial charge in [0.05, 0.1) is 0 Å². The number of rotatable bonds is 4. The Kier molecular flexibility index (Phi) is 4.54. The Bertz CT molecular complexity index is 508. The van der Waals surface area contributed by atoms with Gasteiger partial charge in [-0.3, -0.25) is 0 Å². The number of hydrogen-bond donors (Lipinski definition) is 0. The van der Waals surface area contributed by atoms with Crippen LogP contribution in [0.5, 0.6) is 0 Å². The van der Waals surface area contributed by atoms with Crippen molar-refractivity contribution in [2.75, 3.05) is 0 Å². The Labute approximate surface area is 116 Å². The maximum absolute atomic E-state index is 13.6. The molecule has 0 aliphatic rings. The van der Waals surface area contributed by atoms with E-state index in [-0.39, 0.29) is 10.6 Å². The van der Waals surface area contributed by atoms with Gasteiger partial charge in [0.2, 0.25) is 0 Å². The zero-order valence-corrected chi connectivity index (χ0v) is 12.0. The van der Waals surface area contributed by atoms with Crippen molar-refractivity contribution in [2.24, 2.45) is 0 Å². The zero-order valence-electron chi connectivity index (χ0n) is 10.4. The van der Waals surface area contributed by atoms with E-state index in [0.717, 1.165) is 24.0 Å². The van der Waals surface area contributed by atoms with Gasteiger partial charge in [-0.2, -0.15) is 0 Å². The molecule has 0 saturated heterocycles. The SMILES string of the molecule is Cc1ccc(F)c(CCC(Br)c2ccccc2)c1. The van der Waals surface area contributed by atoms with Crippen molar-refractivity contribution >= 4 is 15.9 Å². The molecule has 18 heavy (non-hydrogen) atoms. The maximum atomic E-state index is 13.6. The summed E-state index contributed by atoms with van der Waals surface area (Å²) in [6.07, 6.45) is 1.64. The van der Waals surface area contributed by atoms with Gasteiger partial charge in [0.15, 0.2) is 0 Å². The summed E-state index contributed by atoms with van der Waals surface area (Å²) < 4.78 is 13.6. The van der Waals surface area contributed by atoms with Crippen LogP contribution < -0.4 is 0 Å². The molecule has 2 rings (SSSR count). The zero-order chi connectivity index (χ0) is 13.0. The molecule has 1 unspecified atom stereocenters. The molecule has 0 radical (unpaired) electrons. The van der Waals surface area contributed by atoms with Gasteiger partial charge in [-0.15, -0.1) is 0 Å². The lowest BCUT2D eigenvalue weighted by Gasteiger charge is -2.11. The molecule has 1 atom stereocenters. The van der Waals surface area contributed by atoms with Crippen molar-refractivity contribution in [2.45, 2.75) is 24.6 Å². The Balaban J connectivity index is 2.01. The minimum Gasteiger partial charge on any atom is -0.207 e. The predicted octanol–water partition coefficient (Wildman–Crippen LogP) is 5.20. The molecule has 2 aromatic rings. The lowest BCUT2D eigenvalue weighted by Crippen LogP contribution is -1.96. The molecular weight excluding hydrogens is 291 g/mol. The lowest BCUT2D eigenvalue weighted by atomic mass is 10.0. The third-order valence-electron chi connectivity index (χ3n) is 3.03. The average molecular weight is 307 g/mol. The molecule has 0 N–H and O–H groups in total. The topological polar surface area (TPSA) is 0 Å². The van der Waals surface area contributed by atoms with Crippen LogP contribution in [-0.2, 0) is 6.42 Å². The normalized spacial score (nSPS) is 12.4. The fraction of sp³-hybridized carbons (Fsp3) is 0.250. The molecule has 2 aromatic carbocycles. The second kappa shape index (κ2) is 6.14. The van der Waals surface area contributed by atoms with Crippen LogP contribution in [0.4, 0.5) is 4.39 Å². The molecule has 0 amide bonds. The van der Waals surface area contributed by atoms with E-state index in [2.05, 4.69) is 28.1 Å². The van der Waals surface area contributed by atoms with Gasteiger partial charge in [0.1, 0.15) is 5.82 Å². The third kappa shape index (κ3) is 3.42. The smallest absolute Gasteiger partial charge is 0.126 e. The average Bonchev–Trinajstić information content (AvgIpc) is 2.40. The molecule has 0 spiro atoms. The summed E-state index contributed by atoms with van der Waals surface area (Å²) in [6, 6.07) is 15.5. The Morgan fingerprint density at radius 3 is 2.56 bits per heavy atom. The monoisotopic (exact) mass is 306 g/mol. The molecule has 0 aliphatic carbocycles. The molecule has 94 valence electrons. The van der Waals surface area contributed by atoms with Crippen molar-refractivity contribution in [1.29, 1.82) is 0 Å². The predicted molar refractivity (Wildman–Crippen MR) is 77.6 cm³/mol. The van der Waals surface area contributed by atoms with Gasteiger partial charge in [0.25, 0.3) is 0 Å². The molecular formula is C16H16BrF. The van der Waals surface area contributed by atoms with E-state index in [0.29, 0.717) is 0 Å². The van der Waals surface area contributed by atoms with Crippen molar-refractivity contribution in [3.05, 3.63) is 71.0 Å². The van der Waals surface area contributed by atoms with Crippen LogP contribution in [0.2, 0.25) is 0 Å². The molecule has 0 aromatic heterocycles. The fourth-order valence-electron chi connectivity index (χ4n) is 2.01. The first-order valence-corrected chi connectivity index (χ1v) is 7.02. The highest BCUT2D eigenvalue weighted by Gasteiger charge is 2.09. The number of benzene rings is 2. The molecule has 0 aliphatic heterocycles. The van der Waals surface area contributed by atoms with E-state index in [1.807, 2.05) is 37.3 Å². The van der Waals surface area contributed by atoms with Gasteiger partial charge >= 0.3 is 0 Å². The van der Waals surface area contributed by atoms with E-state index in [9.17, 15) is 4.39 Å². The van der Waals surface area contributed by atoms with E-state index >= 15 is 0 Å². The molecule has 0 nitrogen and oxygen atoms in total. The summed E-state index contributed by atoms with van der Waals surface area (Å²) >= 11 is 3.66. The lowest BCUT2D eigenvalue weighted by molar-refractivity contribution is 0.603. The quantitative estimate of drug-likeness (QED) is 0.681. The van der Waals surface area contributed by atoms with Gasteiger partial charge < -0.3 is 0 Å². The van der Waals surface area contributed by atoms with Crippen molar-refractivity contribution in [3.8, 4) is 0 Å². The molecule has 0 saturated carbocycles. The van der Waals surface area contributed by atoms with Crippen LogP contribution in [0.25, 0.3) is 0 Å². The standard InChI is InChI=1S/C16H16BrF/c1-12-7-10-16(18)14(11-12)8-9-15(17)13-5-3-2-4-6-13/h2-7,10-11,15H,8-9H2,1H3. The summed E-state index contributed by atoms with van der Waals surface area (Å²) in [5.74, 6) is -0.103. The van der Waals surface area contributed by atoms with Crippen molar-refractivity contribution in [1.82, 2.24) is 0 Å². The van der Waals surface area contributed by atoms with Crippen LogP contribution in [-0.4, -0.2) is 0 Å². The van der Waals surface area contributed by atoms with Crippen LogP contribution in [0.1, 0.15) is 27.9 Å². The molecule has 0 fully saturated rings. The number of hydrogen-bond acceptors (Lipinski definition) is 0. The number of halogens is 2. The van der Waals surface area contributed by atoms with E-state index in [4.69, 9.17) is 0 Å². The minimum atomic E-state index is -0.103. The van der Waals surface area contributed by atoms with Crippen LogP contribution in [0.15, 0.2) is 48.5 Å². The number of aryl methyl sites for hydroxylation is 2. The first-order chi connectivity index (χ1) is 8.66. The van der Waals surface area contributed by atoms with E-state index in [1.165, 1.54) is 5.56 Å². The van der Waals surface area contributed by atoms with E-state index < -0.39 is 0 Å². The second-order valence-electron chi connectivity index (χ2n) is 4.51. The third-order valence-corrected chi connectivity index (χ3v) is 4.02. The summed E-state index contributed by atoms with van der Waals surface area (Å²) in [4.78, 5) is 0.276. The first-order valence-electron chi connectivity index (χ1n) is 6.11. The fourth-order valence-corrected chi connectivity index (χ4v) is 2.54. The highest BCUT2D eigenvalue weighted by molar-refractivity contribution is 9.09. The summed E-state index contributed by atoms with van der Waals surface area (Å²) in [7, 11) is 0. The van der Waals surface area contributed by atoms with Gasteiger partial charge in [-0.05, 0) is 37.0 Å². The minimum absolute atomic E-state index is 0.103.